The number of carboxylic acids is 1. The summed E-state index contributed by atoms with van der Waals surface area (Å²) in [6.45, 7) is 5.20. The van der Waals surface area contributed by atoms with Crippen LogP contribution in [0.15, 0.2) is 0 Å². The van der Waals surface area contributed by atoms with E-state index in [1.807, 2.05) is 13.8 Å². The maximum atomic E-state index is 12.3. The minimum absolute atomic E-state index is 0.0186. The van der Waals surface area contributed by atoms with Gasteiger partial charge in [0.05, 0.1) is 12.3 Å². The molecule has 2 amide bonds. The van der Waals surface area contributed by atoms with Crippen molar-refractivity contribution in [3.8, 4) is 0 Å². The van der Waals surface area contributed by atoms with Gasteiger partial charge in [-0.2, -0.15) is 0 Å². The molecule has 1 saturated heterocycles. The largest absolute Gasteiger partial charge is 0.481 e. The molecule has 2 rings (SSSR count). The summed E-state index contributed by atoms with van der Waals surface area (Å²) in [5.41, 5.74) is 0. The Balaban J connectivity index is 1.88. The van der Waals surface area contributed by atoms with Gasteiger partial charge in [-0.3, -0.25) is 14.4 Å². The number of carbonyl (C=O) groups excluding carboxylic acids is 2. The van der Waals surface area contributed by atoms with Crippen LogP contribution in [0.4, 0.5) is 0 Å². The summed E-state index contributed by atoms with van der Waals surface area (Å²) < 4.78 is 0. The number of nitrogens with zero attached hydrogens (tertiary/aromatic N) is 1. The standard InChI is InChI=1S/C15H24N2O4/c1-9(2)7-17-8-11(5-13(17)18)15(21)16-12(6-14(19)20)10-3-4-10/h9-12H,3-8H2,1-2H3,(H,16,21)(H,19,20). The summed E-state index contributed by atoms with van der Waals surface area (Å²) in [7, 11) is 0. The van der Waals surface area contributed by atoms with Crippen molar-refractivity contribution in [1.29, 1.82) is 0 Å². The Kier molecular flexibility index (Phi) is 4.85. The SMILES string of the molecule is CC(C)CN1CC(C(=O)NC(CC(=O)O)C2CC2)CC1=O. The fraction of sp³-hybridized carbons (Fsp3) is 0.800. The lowest BCUT2D eigenvalue weighted by molar-refractivity contribution is -0.138. The zero-order valence-electron chi connectivity index (χ0n) is 12.7. The van der Waals surface area contributed by atoms with Gasteiger partial charge in [0.15, 0.2) is 0 Å². The summed E-state index contributed by atoms with van der Waals surface area (Å²) in [6, 6.07) is -0.288. The molecule has 0 aromatic heterocycles. The Morgan fingerprint density at radius 1 is 1.38 bits per heavy atom. The van der Waals surface area contributed by atoms with Crippen LogP contribution < -0.4 is 5.32 Å². The Morgan fingerprint density at radius 3 is 2.57 bits per heavy atom. The van der Waals surface area contributed by atoms with E-state index in [0.717, 1.165) is 12.8 Å². The van der Waals surface area contributed by atoms with Crippen LogP contribution in [0.5, 0.6) is 0 Å². The molecular weight excluding hydrogens is 272 g/mol. The second-order valence-corrected chi connectivity index (χ2v) is 6.64. The third-order valence-electron chi connectivity index (χ3n) is 4.08. The second-order valence-electron chi connectivity index (χ2n) is 6.64. The van der Waals surface area contributed by atoms with Crippen LogP contribution in [0.3, 0.4) is 0 Å². The third kappa shape index (κ3) is 4.44. The zero-order chi connectivity index (χ0) is 15.6. The molecule has 6 heteroatoms. The van der Waals surface area contributed by atoms with E-state index in [2.05, 4.69) is 5.32 Å². The summed E-state index contributed by atoms with van der Waals surface area (Å²) >= 11 is 0. The number of rotatable bonds is 7. The number of hydrogen-bond donors (Lipinski definition) is 2. The first-order valence-electron chi connectivity index (χ1n) is 7.66. The number of carbonyl (C=O) groups is 3. The lowest BCUT2D eigenvalue weighted by Gasteiger charge is -2.20. The molecule has 0 bridgehead atoms. The van der Waals surface area contributed by atoms with Crippen molar-refractivity contribution in [2.24, 2.45) is 17.8 Å². The predicted molar refractivity (Wildman–Crippen MR) is 76.4 cm³/mol. The van der Waals surface area contributed by atoms with Crippen molar-refractivity contribution in [2.75, 3.05) is 13.1 Å². The van der Waals surface area contributed by atoms with Crippen molar-refractivity contribution in [3.63, 3.8) is 0 Å². The van der Waals surface area contributed by atoms with Crippen molar-refractivity contribution < 1.29 is 19.5 Å². The summed E-state index contributed by atoms with van der Waals surface area (Å²) in [6.07, 6.45) is 2.15. The van der Waals surface area contributed by atoms with Crippen LogP contribution in [0.25, 0.3) is 0 Å². The van der Waals surface area contributed by atoms with E-state index in [1.165, 1.54) is 0 Å². The maximum Gasteiger partial charge on any atom is 0.305 e. The summed E-state index contributed by atoms with van der Waals surface area (Å²) in [5.74, 6) is -0.726. The number of aliphatic carboxylic acids is 1. The van der Waals surface area contributed by atoms with Crippen LogP contribution in [-0.2, 0) is 14.4 Å². The van der Waals surface area contributed by atoms with E-state index in [4.69, 9.17) is 5.11 Å². The molecule has 1 aliphatic heterocycles. The van der Waals surface area contributed by atoms with E-state index in [-0.39, 0.29) is 42.5 Å². The maximum absolute atomic E-state index is 12.3. The van der Waals surface area contributed by atoms with E-state index in [1.54, 1.807) is 4.90 Å². The van der Waals surface area contributed by atoms with E-state index < -0.39 is 5.97 Å². The fourth-order valence-electron chi connectivity index (χ4n) is 2.89. The minimum atomic E-state index is -0.892. The van der Waals surface area contributed by atoms with Gasteiger partial charge in [0, 0.05) is 25.6 Å². The van der Waals surface area contributed by atoms with Gasteiger partial charge in [-0.1, -0.05) is 13.8 Å². The van der Waals surface area contributed by atoms with Crippen LogP contribution >= 0.6 is 0 Å². The molecule has 1 aliphatic carbocycles. The zero-order valence-corrected chi connectivity index (χ0v) is 12.7. The molecule has 0 spiro atoms. The van der Waals surface area contributed by atoms with Gasteiger partial charge in [-0.05, 0) is 24.7 Å². The average molecular weight is 296 g/mol. The van der Waals surface area contributed by atoms with E-state index in [9.17, 15) is 14.4 Å². The molecule has 2 fully saturated rings. The summed E-state index contributed by atoms with van der Waals surface area (Å²) in [5, 5.41) is 11.8. The molecule has 21 heavy (non-hydrogen) atoms. The van der Waals surface area contributed by atoms with Gasteiger partial charge >= 0.3 is 5.97 Å². The van der Waals surface area contributed by atoms with Gasteiger partial charge < -0.3 is 15.3 Å². The molecular formula is C15H24N2O4. The molecule has 118 valence electrons. The first kappa shape index (κ1) is 15.8. The quantitative estimate of drug-likeness (QED) is 0.729. The highest BCUT2D eigenvalue weighted by Gasteiger charge is 2.38. The molecule has 2 aliphatic rings. The van der Waals surface area contributed by atoms with Gasteiger partial charge in [-0.25, -0.2) is 0 Å². The first-order valence-corrected chi connectivity index (χ1v) is 7.66. The minimum Gasteiger partial charge on any atom is -0.481 e. The van der Waals surface area contributed by atoms with Gasteiger partial charge in [-0.15, -0.1) is 0 Å². The molecule has 1 saturated carbocycles. The highest BCUT2D eigenvalue weighted by Crippen LogP contribution is 2.34. The summed E-state index contributed by atoms with van der Waals surface area (Å²) in [4.78, 5) is 36.7. The van der Waals surface area contributed by atoms with E-state index in [0.29, 0.717) is 19.0 Å². The topological polar surface area (TPSA) is 86.7 Å². The second kappa shape index (κ2) is 6.45. The van der Waals surface area contributed by atoms with Crippen LogP contribution in [0, 0.1) is 17.8 Å². The Labute approximate surface area is 124 Å². The number of hydrogen-bond acceptors (Lipinski definition) is 3. The number of nitrogens with one attached hydrogen (secondary N) is 1. The fourth-order valence-corrected chi connectivity index (χ4v) is 2.89. The third-order valence-corrected chi connectivity index (χ3v) is 4.08. The van der Waals surface area contributed by atoms with Gasteiger partial charge in [0.25, 0.3) is 0 Å². The molecule has 2 N–H and O–H groups in total. The van der Waals surface area contributed by atoms with Crippen molar-refractivity contribution in [2.45, 2.75) is 45.6 Å². The molecule has 6 nitrogen and oxygen atoms in total. The van der Waals surface area contributed by atoms with Crippen LogP contribution in [0.2, 0.25) is 0 Å². The normalized spacial score (nSPS) is 23.5. The van der Waals surface area contributed by atoms with Crippen LogP contribution in [0.1, 0.15) is 39.5 Å². The van der Waals surface area contributed by atoms with Crippen LogP contribution in [-0.4, -0.2) is 46.9 Å². The Morgan fingerprint density at radius 2 is 2.05 bits per heavy atom. The average Bonchev–Trinajstić information content (AvgIpc) is 3.14. The number of likely N-dealkylation sites (tertiary alicyclic amines) is 1. The molecule has 1 heterocycles. The van der Waals surface area contributed by atoms with Crippen molar-refractivity contribution in [1.82, 2.24) is 10.2 Å². The number of carboxylic acid groups (broad SMARTS) is 1. The number of amides is 2. The Hall–Kier alpha value is -1.59. The highest BCUT2D eigenvalue weighted by atomic mass is 16.4. The van der Waals surface area contributed by atoms with Crippen molar-refractivity contribution in [3.05, 3.63) is 0 Å². The molecule has 0 radical (unpaired) electrons. The Bertz CT molecular complexity index is 431. The molecule has 0 aromatic carbocycles. The molecule has 2 atom stereocenters. The lowest BCUT2D eigenvalue weighted by Crippen LogP contribution is -2.42. The lowest BCUT2D eigenvalue weighted by atomic mass is 10.0. The smallest absolute Gasteiger partial charge is 0.305 e. The first-order chi connectivity index (χ1) is 9.86. The molecule has 0 aromatic rings. The van der Waals surface area contributed by atoms with Gasteiger partial charge in [0.2, 0.25) is 11.8 Å². The molecule has 2 unspecified atom stereocenters. The monoisotopic (exact) mass is 296 g/mol. The van der Waals surface area contributed by atoms with Crippen molar-refractivity contribution >= 4 is 17.8 Å². The van der Waals surface area contributed by atoms with E-state index >= 15 is 0 Å². The predicted octanol–water partition coefficient (Wildman–Crippen LogP) is 0.860. The highest BCUT2D eigenvalue weighted by molar-refractivity contribution is 5.89. The van der Waals surface area contributed by atoms with Gasteiger partial charge in [0.1, 0.15) is 0 Å².